The maximum Gasteiger partial charge on any atom is 0.161 e. The summed E-state index contributed by atoms with van der Waals surface area (Å²) < 4.78 is 2.16. The second-order valence-electron chi connectivity index (χ2n) is 6.49. The molecule has 4 nitrogen and oxygen atoms in total. The molecule has 0 aliphatic heterocycles. The zero-order valence-corrected chi connectivity index (χ0v) is 13.2. The van der Waals surface area contributed by atoms with E-state index in [0.717, 1.165) is 28.8 Å². The van der Waals surface area contributed by atoms with Crippen molar-refractivity contribution < 1.29 is 0 Å². The highest BCUT2D eigenvalue weighted by molar-refractivity contribution is 5.52. The summed E-state index contributed by atoms with van der Waals surface area (Å²) in [4.78, 5) is 0. The van der Waals surface area contributed by atoms with Crippen LogP contribution in [0.4, 0.5) is 5.69 Å². The van der Waals surface area contributed by atoms with E-state index < -0.39 is 0 Å². The molecule has 2 aromatic rings. The summed E-state index contributed by atoms with van der Waals surface area (Å²) in [5.74, 6) is 2.58. The van der Waals surface area contributed by atoms with Crippen LogP contribution in [-0.4, -0.2) is 14.6 Å². The Morgan fingerprint density at radius 2 is 1.95 bits per heavy atom. The molecule has 1 saturated carbocycles. The number of nitrogen functional groups attached to an aromatic ring is 1. The second-order valence-corrected chi connectivity index (χ2v) is 6.49. The largest absolute Gasteiger partial charge is 0.397 e. The minimum atomic E-state index is 0.540. The number of anilines is 1. The van der Waals surface area contributed by atoms with Crippen molar-refractivity contribution in [3.8, 4) is 0 Å². The molecule has 0 amide bonds. The van der Waals surface area contributed by atoms with Gasteiger partial charge >= 0.3 is 0 Å². The van der Waals surface area contributed by atoms with E-state index in [-0.39, 0.29) is 0 Å². The van der Waals surface area contributed by atoms with E-state index >= 15 is 0 Å². The molecule has 0 unspecified atom stereocenters. The maximum absolute atomic E-state index is 6.04. The molecule has 0 saturated heterocycles. The SMILES string of the molecule is CCCCC1CCC(c2nnc3ccc(N)c(C)n23)CC1. The molecule has 0 bridgehead atoms. The van der Waals surface area contributed by atoms with Crippen molar-refractivity contribution in [1.82, 2.24) is 14.6 Å². The van der Waals surface area contributed by atoms with Gasteiger partial charge in [0.2, 0.25) is 0 Å². The minimum Gasteiger partial charge on any atom is -0.397 e. The number of fused-ring (bicyclic) bond motifs is 1. The standard InChI is InChI=1S/C17H26N4/c1-3-4-5-13-6-8-14(9-7-13)17-20-19-16-11-10-15(18)12(2)21(16)17/h10-11,13-14H,3-9,18H2,1-2H3. The van der Waals surface area contributed by atoms with Crippen molar-refractivity contribution in [3.63, 3.8) is 0 Å². The summed E-state index contributed by atoms with van der Waals surface area (Å²) in [6.07, 6.45) is 9.23. The molecule has 2 N–H and O–H groups in total. The smallest absolute Gasteiger partial charge is 0.161 e. The van der Waals surface area contributed by atoms with Gasteiger partial charge in [-0.15, -0.1) is 10.2 Å². The highest BCUT2D eigenvalue weighted by Crippen LogP contribution is 2.37. The minimum absolute atomic E-state index is 0.540. The fourth-order valence-electron chi connectivity index (χ4n) is 3.64. The number of hydrogen-bond acceptors (Lipinski definition) is 3. The van der Waals surface area contributed by atoms with Crippen molar-refractivity contribution in [3.05, 3.63) is 23.7 Å². The molecular formula is C17H26N4. The molecule has 1 fully saturated rings. The highest BCUT2D eigenvalue weighted by atomic mass is 15.3. The Kier molecular flexibility index (Phi) is 4.13. The third kappa shape index (κ3) is 2.76. The fraction of sp³-hybridized carbons (Fsp3) is 0.647. The van der Waals surface area contributed by atoms with E-state index in [4.69, 9.17) is 5.73 Å². The van der Waals surface area contributed by atoms with Crippen LogP contribution in [0.2, 0.25) is 0 Å². The molecular weight excluding hydrogens is 260 g/mol. The predicted octanol–water partition coefficient (Wildman–Crippen LogP) is 4.08. The Hall–Kier alpha value is -1.58. The Bertz CT molecular complexity index is 609. The second kappa shape index (κ2) is 6.04. The van der Waals surface area contributed by atoms with E-state index in [9.17, 15) is 0 Å². The molecule has 4 heteroatoms. The first-order valence-electron chi connectivity index (χ1n) is 8.30. The van der Waals surface area contributed by atoms with Crippen LogP contribution in [0.25, 0.3) is 5.65 Å². The van der Waals surface area contributed by atoms with Crippen molar-refractivity contribution in [2.45, 2.75) is 64.7 Å². The van der Waals surface area contributed by atoms with Crippen molar-refractivity contribution in [2.75, 3.05) is 5.73 Å². The first-order chi connectivity index (χ1) is 10.2. The normalized spacial score (nSPS) is 22.8. The van der Waals surface area contributed by atoms with Gasteiger partial charge in [0, 0.05) is 11.6 Å². The molecule has 0 spiro atoms. The van der Waals surface area contributed by atoms with Crippen molar-refractivity contribution in [2.24, 2.45) is 5.92 Å². The van der Waals surface area contributed by atoms with Crippen LogP contribution in [-0.2, 0) is 0 Å². The van der Waals surface area contributed by atoms with Crippen LogP contribution in [0.3, 0.4) is 0 Å². The van der Waals surface area contributed by atoms with Crippen LogP contribution < -0.4 is 5.73 Å². The molecule has 2 aromatic heterocycles. The monoisotopic (exact) mass is 286 g/mol. The summed E-state index contributed by atoms with van der Waals surface area (Å²) in [6.45, 7) is 4.34. The summed E-state index contributed by atoms with van der Waals surface area (Å²) >= 11 is 0. The van der Waals surface area contributed by atoms with Crippen LogP contribution >= 0.6 is 0 Å². The van der Waals surface area contributed by atoms with Gasteiger partial charge in [0.25, 0.3) is 0 Å². The van der Waals surface area contributed by atoms with Crippen LogP contribution in [0, 0.1) is 12.8 Å². The number of pyridine rings is 1. The van der Waals surface area contributed by atoms with Gasteiger partial charge in [-0.3, -0.25) is 4.40 Å². The van der Waals surface area contributed by atoms with Gasteiger partial charge in [-0.1, -0.05) is 26.2 Å². The highest BCUT2D eigenvalue weighted by Gasteiger charge is 2.26. The van der Waals surface area contributed by atoms with E-state index in [0.29, 0.717) is 5.92 Å². The molecule has 0 atom stereocenters. The topological polar surface area (TPSA) is 56.2 Å². The molecule has 0 aromatic carbocycles. The van der Waals surface area contributed by atoms with Gasteiger partial charge in [-0.25, -0.2) is 0 Å². The van der Waals surface area contributed by atoms with Gasteiger partial charge in [0.1, 0.15) is 5.82 Å². The average Bonchev–Trinajstić information content (AvgIpc) is 2.94. The third-order valence-corrected chi connectivity index (χ3v) is 5.06. The average molecular weight is 286 g/mol. The molecule has 0 radical (unpaired) electrons. The number of nitrogens with two attached hydrogens (primary N) is 1. The first-order valence-corrected chi connectivity index (χ1v) is 8.30. The number of unbranched alkanes of at least 4 members (excludes halogenated alkanes) is 1. The lowest BCUT2D eigenvalue weighted by Crippen LogP contribution is -2.16. The van der Waals surface area contributed by atoms with Gasteiger partial charge in [0.15, 0.2) is 5.65 Å². The van der Waals surface area contributed by atoms with Gasteiger partial charge in [0.05, 0.1) is 5.69 Å². The van der Waals surface area contributed by atoms with Crippen molar-refractivity contribution >= 4 is 11.3 Å². The van der Waals surface area contributed by atoms with Crippen LogP contribution in [0.5, 0.6) is 0 Å². The van der Waals surface area contributed by atoms with Gasteiger partial charge < -0.3 is 5.73 Å². The molecule has 2 heterocycles. The Morgan fingerprint density at radius 1 is 1.19 bits per heavy atom. The number of rotatable bonds is 4. The molecule has 3 rings (SSSR count). The quantitative estimate of drug-likeness (QED) is 0.921. The summed E-state index contributed by atoms with van der Waals surface area (Å²) in [5.41, 5.74) is 8.85. The molecule has 21 heavy (non-hydrogen) atoms. The lowest BCUT2D eigenvalue weighted by atomic mass is 9.79. The van der Waals surface area contributed by atoms with Crippen LogP contribution in [0.15, 0.2) is 12.1 Å². The van der Waals surface area contributed by atoms with Crippen molar-refractivity contribution in [1.29, 1.82) is 0 Å². The lowest BCUT2D eigenvalue weighted by Gasteiger charge is -2.27. The number of aromatic nitrogens is 3. The summed E-state index contributed by atoms with van der Waals surface area (Å²) in [5, 5.41) is 8.79. The van der Waals surface area contributed by atoms with E-state index in [2.05, 4.69) is 28.4 Å². The van der Waals surface area contributed by atoms with E-state index in [1.165, 1.54) is 44.9 Å². The molecule has 114 valence electrons. The zero-order valence-electron chi connectivity index (χ0n) is 13.2. The Balaban J connectivity index is 1.78. The third-order valence-electron chi connectivity index (χ3n) is 5.06. The maximum atomic E-state index is 6.04. The summed E-state index contributed by atoms with van der Waals surface area (Å²) in [6, 6.07) is 3.89. The number of nitrogens with zero attached hydrogens (tertiary/aromatic N) is 3. The Morgan fingerprint density at radius 3 is 2.67 bits per heavy atom. The molecule has 1 aliphatic rings. The summed E-state index contributed by atoms with van der Waals surface area (Å²) in [7, 11) is 0. The van der Waals surface area contributed by atoms with E-state index in [1.54, 1.807) is 0 Å². The van der Waals surface area contributed by atoms with E-state index in [1.807, 2.05) is 12.1 Å². The number of hydrogen-bond donors (Lipinski definition) is 1. The lowest BCUT2D eigenvalue weighted by molar-refractivity contribution is 0.297. The fourth-order valence-corrected chi connectivity index (χ4v) is 3.64. The van der Waals surface area contributed by atoms with Crippen LogP contribution in [0.1, 0.15) is 69.3 Å². The van der Waals surface area contributed by atoms with Gasteiger partial charge in [-0.2, -0.15) is 0 Å². The Labute approximate surface area is 126 Å². The predicted molar refractivity (Wildman–Crippen MR) is 86.4 cm³/mol. The first kappa shape index (κ1) is 14.4. The molecule has 1 aliphatic carbocycles. The van der Waals surface area contributed by atoms with Gasteiger partial charge in [-0.05, 0) is 50.7 Å². The zero-order chi connectivity index (χ0) is 14.8. The number of aryl methyl sites for hydroxylation is 1.